The molecule has 1 atom stereocenters. The van der Waals surface area contributed by atoms with Crippen molar-refractivity contribution in [2.75, 3.05) is 0 Å². The molecule has 0 bridgehead atoms. The second-order valence-corrected chi connectivity index (χ2v) is 2.30. The summed E-state index contributed by atoms with van der Waals surface area (Å²) in [6, 6.07) is 0. The van der Waals surface area contributed by atoms with Crippen LogP contribution in [0, 0.1) is 16.3 Å². The number of rotatable bonds is 1. The van der Waals surface area contributed by atoms with Gasteiger partial charge in [0.05, 0.1) is 11.1 Å². The van der Waals surface area contributed by atoms with Crippen LogP contribution >= 0.6 is 11.6 Å². The topological polar surface area (TPSA) is 55.2 Å². The molecule has 0 aromatic rings. The van der Waals surface area contributed by atoms with Crippen molar-refractivity contribution in [2.45, 2.75) is 5.12 Å². The number of hydrogen-bond acceptors (Lipinski definition) is 3. The molecule has 53 valence electrons. The van der Waals surface area contributed by atoms with Gasteiger partial charge in [-0.1, -0.05) is 6.08 Å². The molecule has 0 saturated carbocycles. The summed E-state index contributed by atoms with van der Waals surface area (Å²) in [5.41, 5.74) is 0. The van der Waals surface area contributed by atoms with Crippen molar-refractivity contribution < 1.29 is 4.92 Å². The van der Waals surface area contributed by atoms with Crippen LogP contribution in [0.2, 0.25) is 0 Å². The molecule has 0 aromatic heterocycles. The van der Waals surface area contributed by atoms with Gasteiger partial charge < -0.3 is 5.32 Å². The molecule has 1 N–H and O–H groups in total. The quantitative estimate of drug-likeness (QED) is 0.264. The van der Waals surface area contributed by atoms with Crippen LogP contribution in [0.25, 0.3) is 0 Å². The Kier molecular flexibility index (Phi) is 1.63. The number of hydrogen-bond donors (Lipinski definition) is 1. The first-order chi connectivity index (χ1) is 4.65. The fourth-order valence-electron chi connectivity index (χ4n) is 0.515. The van der Waals surface area contributed by atoms with E-state index in [-0.39, 0.29) is 0 Å². The number of nitrogens with one attached hydrogen (secondary N) is 1. The summed E-state index contributed by atoms with van der Waals surface area (Å²) in [7, 11) is 0. The Bertz CT molecular complexity index is 214. The van der Waals surface area contributed by atoms with Gasteiger partial charge in [-0.2, -0.15) is 0 Å². The van der Waals surface area contributed by atoms with E-state index in [1.54, 1.807) is 0 Å². The lowest BCUT2D eigenvalue weighted by Gasteiger charge is -2.14. The summed E-state index contributed by atoms with van der Waals surface area (Å²) in [4.78, 5) is 9.55. The third kappa shape index (κ3) is 1.11. The summed E-state index contributed by atoms with van der Waals surface area (Å²) in [5, 5.41) is 10.8. The largest absolute Gasteiger partial charge is 0.391 e. The first-order valence-corrected chi connectivity index (χ1v) is 2.90. The molecular formula is C5H4ClN2O2. The van der Waals surface area contributed by atoms with E-state index in [2.05, 4.69) is 11.5 Å². The Morgan fingerprint density at radius 3 is 2.80 bits per heavy atom. The summed E-state index contributed by atoms with van der Waals surface area (Å²) >= 11 is 5.43. The van der Waals surface area contributed by atoms with Crippen molar-refractivity contribution in [2.24, 2.45) is 0 Å². The fraction of sp³-hybridized carbons (Fsp3) is 0.200. The van der Waals surface area contributed by atoms with Crippen LogP contribution in [0.5, 0.6) is 0 Å². The number of allylic oxidation sites excluding steroid dienone is 2. The third-order valence-corrected chi connectivity index (χ3v) is 1.37. The van der Waals surface area contributed by atoms with Gasteiger partial charge in [0.2, 0.25) is 0 Å². The van der Waals surface area contributed by atoms with Crippen LogP contribution in [0.1, 0.15) is 0 Å². The van der Waals surface area contributed by atoms with Crippen LogP contribution in [0.15, 0.2) is 18.2 Å². The van der Waals surface area contributed by atoms with Crippen molar-refractivity contribution in [1.82, 2.24) is 5.32 Å². The molecule has 1 radical (unpaired) electrons. The van der Waals surface area contributed by atoms with Gasteiger partial charge in [0.25, 0.3) is 0 Å². The maximum atomic E-state index is 10.2. The van der Waals surface area contributed by atoms with E-state index in [1.807, 2.05) is 0 Å². The molecule has 0 spiro atoms. The van der Waals surface area contributed by atoms with Gasteiger partial charge in [0.1, 0.15) is 0 Å². The lowest BCUT2D eigenvalue weighted by Crippen LogP contribution is -2.43. The molecule has 4 nitrogen and oxygen atoms in total. The Balaban J connectivity index is 2.80. The minimum Gasteiger partial charge on any atom is -0.302 e. The summed E-state index contributed by atoms with van der Waals surface area (Å²) < 4.78 is 0. The Hall–Kier alpha value is -1.03. The van der Waals surface area contributed by atoms with Crippen molar-refractivity contribution in [3.8, 4) is 0 Å². The van der Waals surface area contributed by atoms with Crippen LogP contribution in [-0.4, -0.2) is 10.0 Å². The fourth-order valence-corrected chi connectivity index (χ4v) is 0.642. The van der Waals surface area contributed by atoms with Gasteiger partial charge >= 0.3 is 5.12 Å². The number of nitro groups is 1. The minimum atomic E-state index is -1.70. The lowest BCUT2D eigenvalue weighted by molar-refractivity contribution is -0.533. The molecule has 1 aliphatic heterocycles. The summed E-state index contributed by atoms with van der Waals surface area (Å²) in [5.74, 6) is 0. The Morgan fingerprint density at radius 2 is 2.50 bits per heavy atom. The lowest BCUT2D eigenvalue weighted by atomic mass is 10.3. The molecule has 1 aliphatic rings. The normalized spacial score (nSPS) is 29.7. The second-order valence-electron chi connectivity index (χ2n) is 1.73. The molecule has 5 heteroatoms. The Morgan fingerprint density at radius 1 is 1.80 bits per heavy atom. The summed E-state index contributed by atoms with van der Waals surface area (Å²) in [6.45, 7) is 0. The average molecular weight is 160 g/mol. The molecule has 0 aliphatic carbocycles. The van der Waals surface area contributed by atoms with E-state index >= 15 is 0 Å². The van der Waals surface area contributed by atoms with Crippen molar-refractivity contribution in [3.05, 3.63) is 34.5 Å². The zero-order valence-electron chi connectivity index (χ0n) is 4.87. The van der Waals surface area contributed by atoms with Crippen LogP contribution in [0.3, 0.4) is 0 Å². The predicted molar refractivity (Wildman–Crippen MR) is 35.7 cm³/mol. The zero-order chi connectivity index (χ0) is 7.61. The molecule has 0 saturated heterocycles. The van der Waals surface area contributed by atoms with Crippen molar-refractivity contribution >= 4 is 11.6 Å². The van der Waals surface area contributed by atoms with Crippen LogP contribution < -0.4 is 5.32 Å². The monoisotopic (exact) mass is 159 g/mol. The van der Waals surface area contributed by atoms with E-state index in [4.69, 9.17) is 11.6 Å². The maximum absolute atomic E-state index is 10.2. The van der Waals surface area contributed by atoms with Gasteiger partial charge in [-0.15, -0.1) is 0 Å². The molecule has 0 amide bonds. The molecule has 1 heterocycles. The van der Waals surface area contributed by atoms with Crippen LogP contribution in [-0.2, 0) is 0 Å². The minimum absolute atomic E-state index is 0.634. The highest BCUT2D eigenvalue weighted by atomic mass is 35.5. The molecule has 1 rings (SSSR count). The number of nitrogens with zero attached hydrogens (tertiary/aromatic N) is 1. The second kappa shape index (κ2) is 2.30. The SMILES string of the molecule is O=[N+]([O-])C1(Cl)C=CC=[C]N1. The number of halogens is 1. The number of alkyl halides is 1. The summed E-state index contributed by atoms with van der Waals surface area (Å²) in [6.07, 6.45) is 6.63. The van der Waals surface area contributed by atoms with E-state index in [0.717, 1.165) is 0 Å². The van der Waals surface area contributed by atoms with Gasteiger partial charge in [-0.3, -0.25) is 10.1 Å². The van der Waals surface area contributed by atoms with Gasteiger partial charge in [0, 0.05) is 6.08 Å². The van der Waals surface area contributed by atoms with Crippen molar-refractivity contribution in [3.63, 3.8) is 0 Å². The standard InChI is InChI=1S/C5H4ClN2O2/c6-5(8(9)10)3-1-2-4-7-5/h1-3,7H. The highest BCUT2D eigenvalue weighted by Gasteiger charge is 2.36. The molecule has 1 unspecified atom stereocenters. The van der Waals surface area contributed by atoms with E-state index in [9.17, 15) is 10.1 Å². The molecule has 0 aromatic carbocycles. The van der Waals surface area contributed by atoms with E-state index in [0.29, 0.717) is 0 Å². The first kappa shape index (κ1) is 7.08. The first-order valence-electron chi connectivity index (χ1n) is 2.52. The van der Waals surface area contributed by atoms with Gasteiger partial charge in [0.15, 0.2) is 0 Å². The Labute approximate surface area is 62.3 Å². The molecular weight excluding hydrogens is 156 g/mol. The van der Waals surface area contributed by atoms with E-state index in [1.165, 1.54) is 18.2 Å². The predicted octanol–water partition coefficient (Wildman–Crippen LogP) is 0.632. The van der Waals surface area contributed by atoms with Crippen LogP contribution in [0.4, 0.5) is 0 Å². The molecule has 0 fully saturated rings. The highest BCUT2D eigenvalue weighted by molar-refractivity contribution is 6.23. The van der Waals surface area contributed by atoms with Gasteiger partial charge in [-0.05, 0) is 17.7 Å². The highest BCUT2D eigenvalue weighted by Crippen LogP contribution is 2.15. The smallest absolute Gasteiger partial charge is 0.302 e. The van der Waals surface area contributed by atoms with Gasteiger partial charge in [-0.25, -0.2) is 0 Å². The molecule has 10 heavy (non-hydrogen) atoms. The maximum Gasteiger partial charge on any atom is 0.391 e. The zero-order valence-corrected chi connectivity index (χ0v) is 5.63. The average Bonchev–Trinajstić information content (AvgIpc) is 1.89. The van der Waals surface area contributed by atoms with Crippen molar-refractivity contribution in [1.29, 1.82) is 0 Å². The van der Waals surface area contributed by atoms with E-state index < -0.39 is 10.0 Å². The number of dihydropyridines is 1. The third-order valence-electron chi connectivity index (χ3n) is 1.01.